The number of rotatable bonds is 1. The van der Waals surface area contributed by atoms with E-state index in [1.54, 1.807) is 6.20 Å². The second kappa shape index (κ2) is 5.14. The lowest BCUT2D eigenvalue weighted by atomic mass is 9.94. The molecule has 1 aromatic carbocycles. The van der Waals surface area contributed by atoms with Crippen LogP contribution in [0.3, 0.4) is 0 Å². The lowest BCUT2D eigenvalue weighted by Crippen LogP contribution is -2.31. The maximum absolute atomic E-state index is 6.34. The molecule has 2 heterocycles. The minimum absolute atomic E-state index is 0.594. The first-order chi connectivity index (χ1) is 9.15. The Morgan fingerprint density at radius 1 is 1.37 bits per heavy atom. The Kier molecular flexibility index (Phi) is 3.50. The highest BCUT2D eigenvalue weighted by Gasteiger charge is 2.24. The van der Waals surface area contributed by atoms with Gasteiger partial charge in [-0.15, -0.1) is 0 Å². The molecule has 0 fully saturated rings. The van der Waals surface area contributed by atoms with Gasteiger partial charge in [0.05, 0.1) is 5.02 Å². The summed E-state index contributed by atoms with van der Waals surface area (Å²) >= 11 is 9.74. The molecule has 3 rings (SSSR count). The number of aromatic nitrogens is 1. The zero-order valence-corrected chi connectivity index (χ0v) is 12.9. The fourth-order valence-corrected chi connectivity index (χ4v) is 3.33. The number of benzene rings is 1. The molecule has 0 saturated heterocycles. The average Bonchev–Trinajstić information content (AvgIpc) is 2.38. The van der Waals surface area contributed by atoms with E-state index in [1.165, 1.54) is 11.3 Å². The molecule has 0 bridgehead atoms. The van der Waals surface area contributed by atoms with Gasteiger partial charge in [0.1, 0.15) is 0 Å². The van der Waals surface area contributed by atoms with E-state index in [1.807, 2.05) is 6.07 Å². The molecule has 0 aliphatic carbocycles. The Hall–Kier alpha value is -1.06. The summed E-state index contributed by atoms with van der Waals surface area (Å²) in [6.45, 7) is 3.21. The van der Waals surface area contributed by atoms with Gasteiger partial charge in [0.15, 0.2) is 5.82 Å². The topological polar surface area (TPSA) is 16.1 Å². The van der Waals surface area contributed by atoms with Crippen LogP contribution in [-0.4, -0.2) is 11.5 Å². The third kappa shape index (κ3) is 2.49. The van der Waals surface area contributed by atoms with E-state index in [0.717, 1.165) is 23.3 Å². The SMILES string of the molecule is CC1Cc2ccccc2N(c2ncc(Br)cc2Cl)C1. The molecule has 0 spiro atoms. The molecule has 1 aliphatic rings. The summed E-state index contributed by atoms with van der Waals surface area (Å²) in [4.78, 5) is 6.70. The Bertz CT molecular complexity index is 615. The summed E-state index contributed by atoms with van der Waals surface area (Å²) in [6, 6.07) is 10.4. The maximum Gasteiger partial charge on any atom is 0.151 e. The van der Waals surface area contributed by atoms with Gasteiger partial charge in [-0.3, -0.25) is 0 Å². The van der Waals surface area contributed by atoms with Gasteiger partial charge in [-0.2, -0.15) is 0 Å². The molecule has 1 atom stereocenters. The summed E-state index contributed by atoms with van der Waals surface area (Å²) in [7, 11) is 0. The van der Waals surface area contributed by atoms with Gasteiger partial charge in [0.25, 0.3) is 0 Å². The van der Waals surface area contributed by atoms with Crippen molar-refractivity contribution < 1.29 is 0 Å². The molecule has 19 heavy (non-hydrogen) atoms. The summed E-state index contributed by atoms with van der Waals surface area (Å²) in [6.07, 6.45) is 2.91. The van der Waals surface area contributed by atoms with E-state index in [-0.39, 0.29) is 0 Å². The van der Waals surface area contributed by atoms with Crippen LogP contribution < -0.4 is 4.90 Å². The molecular weight excluding hydrogens is 324 g/mol. The molecule has 2 nitrogen and oxygen atoms in total. The van der Waals surface area contributed by atoms with Crippen LogP contribution in [0.5, 0.6) is 0 Å². The van der Waals surface area contributed by atoms with Crippen molar-refractivity contribution in [3.8, 4) is 0 Å². The van der Waals surface area contributed by atoms with E-state index in [0.29, 0.717) is 10.9 Å². The lowest BCUT2D eigenvalue weighted by molar-refractivity contribution is 0.560. The van der Waals surface area contributed by atoms with Gasteiger partial charge in [-0.1, -0.05) is 36.7 Å². The number of nitrogens with zero attached hydrogens (tertiary/aromatic N) is 2. The lowest BCUT2D eigenvalue weighted by Gasteiger charge is -2.34. The number of pyridine rings is 1. The van der Waals surface area contributed by atoms with Gasteiger partial charge in [-0.05, 0) is 46.0 Å². The molecule has 2 aromatic rings. The van der Waals surface area contributed by atoms with Crippen LogP contribution in [0.1, 0.15) is 12.5 Å². The molecule has 1 unspecified atom stereocenters. The van der Waals surface area contributed by atoms with E-state index >= 15 is 0 Å². The van der Waals surface area contributed by atoms with Crippen molar-refractivity contribution in [2.75, 3.05) is 11.4 Å². The molecule has 4 heteroatoms. The number of anilines is 2. The average molecular weight is 338 g/mol. The predicted molar refractivity (Wildman–Crippen MR) is 83.3 cm³/mol. The van der Waals surface area contributed by atoms with E-state index in [2.05, 4.69) is 57.0 Å². The van der Waals surface area contributed by atoms with Crippen molar-refractivity contribution >= 4 is 39.0 Å². The Labute approximate surface area is 126 Å². The van der Waals surface area contributed by atoms with Crippen molar-refractivity contribution in [1.82, 2.24) is 4.98 Å². The Balaban J connectivity index is 2.10. The highest BCUT2D eigenvalue weighted by atomic mass is 79.9. The number of hydrogen-bond donors (Lipinski definition) is 0. The third-order valence-corrected chi connectivity index (χ3v) is 4.10. The Morgan fingerprint density at radius 3 is 2.95 bits per heavy atom. The monoisotopic (exact) mass is 336 g/mol. The highest BCUT2D eigenvalue weighted by molar-refractivity contribution is 9.10. The summed E-state index contributed by atoms with van der Waals surface area (Å²) in [5, 5.41) is 0.679. The quantitative estimate of drug-likeness (QED) is 0.741. The first kappa shape index (κ1) is 12.9. The molecule has 98 valence electrons. The third-order valence-electron chi connectivity index (χ3n) is 3.39. The number of hydrogen-bond acceptors (Lipinski definition) is 2. The van der Waals surface area contributed by atoms with Crippen molar-refractivity contribution in [2.45, 2.75) is 13.3 Å². The molecule has 0 radical (unpaired) electrons. The van der Waals surface area contributed by atoms with Crippen LogP contribution >= 0.6 is 27.5 Å². The molecule has 0 saturated carbocycles. The molecule has 1 aromatic heterocycles. The normalized spacial score (nSPS) is 18.3. The predicted octanol–water partition coefficient (Wildman–Crippen LogP) is 4.83. The van der Waals surface area contributed by atoms with Crippen LogP contribution in [0.4, 0.5) is 11.5 Å². The van der Waals surface area contributed by atoms with Crippen LogP contribution in [0, 0.1) is 5.92 Å². The highest BCUT2D eigenvalue weighted by Crippen LogP contribution is 2.37. The van der Waals surface area contributed by atoms with Crippen LogP contribution in [0.25, 0.3) is 0 Å². The molecule has 0 N–H and O–H groups in total. The van der Waals surface area contributed by atoms with Crippen molar-refractivity contribution in [3.05, 3.63) is 51.6 Å². The Morgan fingerprint density at radius 2 is 2.16 bits per heavy atom. The summed E-state index contributed by atoms with van der Waals surface area (Å²) in [5.41, 5.74) is 2.58. The number of halogens is 2. The second-order valence-corrected chi connectivity index (χ2v) is 6.33. The van der Waals surface area contributed by atoms with Crippen LogP contribution in [0.15, 0.2) is 41.0 Å². The fraction of sp³-hybridized carbons (Fsp3) is 0.267. The van der Waals surface area contributed by atoms with Gasteiger partial charge in [0, 0.05) is 22.9 Å². The minimum Gasteiger partial charge on any atom is -0.325 e. The van der Waals surface area contributed by atoms with Crippen LogP contribution in [-0.2, 0) is 6.42 Å². The van der Waals surface area contributed by atoms with Crippen molar-refractivity contribution in [1.29, 1.82) is 0 Å². The van der Waals surface area contributed by atoms with E-state index in [9.17, 15) is 0 Å². The first-order valence-corrected chi connectivity index (χ1v) is 7.48. The smallest absolute Gasteiger partial charge is 0.151 e. The standard InChI is InChI=1S/C15H14BrClN2/c1-10-6-11-4-2-3-5-14(11)19(9-10)15-13(17)7-12(16)8-18-15/h2-5,7-8,10H,6,9H2,1H3. The first-order valence-electron chi connectivity index (χ1n) is 6.31. The zero-order valence-electron chi connectivity index (χ0n) is 10.6. The fourth-order valence-electron chi connectivity index (χ4n) is 2.60. The van der Waals surface area contributed by atoms with E-state index in [4.69, 9.17) is 11.6 Å². The van der Waals surface area contributed by atoms with Gasteiger partial charge in [0.2, 0.25) is 0 Å². The van der Waals surface area contributed by atoms with Crippen molar-refractivity contribution in [2.24, 2.45) is 5.92 Å². The molecule has 1 aliphatic heterocycles. The molecular formula is C15H14BrClN2. The summed E-state index contributed by atoms with van der Waals surface area (Å²) in [5.74, 6) is 1.43. The van der Waals surface area contributed by atoms with Crippen molar-refractivity contribution in [3.63, 3.8) is 0 Å². The molecule has 0 amide bonds. The van der Waals surface area contributed by atoms with Crippen LogP contribution in [0.2, 0.25) is 5.02 Å². The van der Waals surface area contributed by atoms with Gasteiger partial charge >= 0.3 is 0 Å². The summed E-state index contributed by atoms with van der Waals surface area (Å²) < 4.78 is 0.902. The largest absolute Gasteiger partial charge is 0.325 e. The second-order valence-electron chi connectivity index (χ2n) is 5.01. The maximum atomic E-state index is 6.34. The number of para-hydroxylation sites is 1. The van der Waals surface area contributed by atoms with E-state index < -0.39 is 0 Å². The van der Waals surface area contributed by atoms with Gasteiger partial charge < -0.3 is 4.90 Å². The zero-order chi connectivity index (χ0) is 13.4. The number of fused-ring (bicyclic) bond motifs is 1. The van der Waals surface area contributed by atoms with Gasteiger partial charge in [-0.25, -0.2) is 4.98 Å². The minimum atomic E-state index is 0.594.